The van der Waals surface area contributed by atoms with E-state index >= 15 is 0 Å². The molecule has 0 spiro atoms. The van der Waals surface area contributed by atoms with E-state index in [-0.39, 0.29) is 0 Å². The minimum atomic E-state index is -0.824. The van der Waals surface area contributed by atoms with Crippen LogP contribution in [0, 0.1) is 11.3 Å². The van der Waals surface area contributed by atoms with E-state index in [2.05, 4.69) is 40.2 Å². The Kier molecular flexibility index (Phi) is 4.46. The summed E-state index contributed by atoms with van der Waals surface area (Å²) in [7, 11) is 5.42. The first-order chi connectivity index (χ1) is 5.10. The van der Waals surface area contributed by atoms with Gasteiger partial charge in [0.15, 0.2) is 0 Å². The molecule has 0 aromatic rings. The molecule has 0 heterocycles. The third-order valence-corrected chi connectivity index (χ3v) is 3.38. The number of halogens is 1. The van der Waals surface area contributed by atoms with E-state index in [9.17, 15) is 0 Å². The predicted octanol–water partition coefficient (Wildman–Crippen LogP) is 4.28. The van der Waals surface area contributed by atoms with Crippen LogP contribution in [0.1, 0.15) is 34.1 Å². The molecule has 1 atom stereocenters. The largest absolute Gasteiger partial charge is 0.169 e. The lowest BCUT2D eigenvalue weighted by atomic mass is 9.86. The minimum Gasteiger partial charge on any atom is -0.169 e. The number of rotatable bonds is 3. The summed E-state index contributed by atoms with van der Waals surface area (Å²) in [5.74, 6) is 1.94. The molecular formula is C10H23ClS. The monoisotopic (exact) mass is 210 g/mol. The van der Waals surface area contributed by atoms with Gasteiger partial charge in [-0.1, -0.05) is 38.4 Å². The van der Waals surface area contributed by atoms with Crippen molar-refractivity contribution in [3.05, 3.63) is 0 Å². The lowest BCUT2D eigenvalue weighted by molar-refractivity contribution is 0.323. The van der Waals surface area contributed by atoms with Gasteiger partial charge in [0.25, 0.3) is 0 Å². The molecule has 0 aromatic heterocycles. The Labute approximate surface area is 83.9 Å². The molecule has 0 aliphatic heterocycles. The van der Waals surface area contributed by atoms with Crippen LogP contribution < -0.4 is 0 Å². The Morgan fingerprint density at radius 1 is 1.25 bits per heavy atom. The average Bonchev–Trinajstić information content (AvgIpc) is 1.49. The second-order valence-corrected chi connectivity index (χ2v) is 11.1. The molecule has 12 heavy (non-hydrogen) atoms. The standard InChI is InChI=1S/C10H23ClS/c1-9(7-10(2,3)4)8-12(5,6)11/h9H,7-8H2,1-6H3. The third-order valence-electron chi connectivity index (χ3n) is 1.64. The zero-order chi connectivity index (χ0) is 9.99. The lowest BCUT2D eigenvalue weighted by Gasteiger charge is -2.30. The first kappa shape index (κ1) is 12.6. The van der Waals surface area contributed by atoms with Crippen molar-refractivity contribution in [2.24, 2.45) is 11.3 Å². The fourth-order valence-electron chi connectivity index (χ4n) is 1.78. The van der Waals surface area contributed by atoms with Crippen LogP contribution in [-0.2, 0) is 0 Å². The Balaban J connectivity index is 3.83. The fourth-order valence-corrected chi connectivity index (χ4v) is 3.90. The maximum Gasteiger partial charge on any atom is -0.00797 e. The second-order valence-electron chi connectivity index (χ2n) is 5.44. The van der Waals surface area contributed by atoms with Crippen LogP contribution in [0.25, 0.3) is 0 Å². The molecule has 0 aliphatic carbocycles. The van der Waals surface area contributed by atoms with E-state index in [4.69, 9.17) is 10.7 Å². The van der Waals surface area contributed by atoms with E-state index in [1.54, 1.807) is 0 Å². The van der Waals surface area contributed by atoms with Gasteiger partial charge in [0.2, 0.25) is 0 Å². The maximum atomic E-state index is 6.24. The molecule has 0 aliphatic rings. The zero-order valence-corrected chi connectivity index (χ0v) is 10.9. The third kappa shape index (κ3) is 8.73. The van der Waals surface area contributed by atoms with Crippen molar-refractivity contribution in [2.75, 3.05) is 18.3 Å². The summed E-state index contributed by atoms with van der Waals surface area (Å²) in [5, 5.41) is 0. The summed E-state index contributed by atoms with van der Waals surface area (Å²) in [4.78, 5) is 0. The van der Waals surface area contributed by atoms with Crippen molar-refractivity contribution in [3.8, 4) is 0 Å². The van der Waals surface area contributed by atoms with E-state index in [1.165, 1.54) is 12.2 Å². The van der Waals surface area contributed by atoms with Gasteiger partial charge in [0, 0.05) is 0 Å². The highest BCUT2D eigenvalue weighted by Crippen LogP contribution is 2.48. The van der Waals surface area contributed by atoms with Crippen LogP contribution >= 0.6 is 19.9 Å². The van der Waals surface area contributed by atoms with Crippen LogP contribution in [0.15, 0.2) is 0 Å². The SMILES string of the molecule is CC(CC(C)(C)C)CS(C)(C)Cl. The highest BCUT2D eigenvalue weighted by atomic mass is 35.7. The van der Waals surface area contributed by atoms with Crippen molar-refractivity contribution in [1.29, 1.82) is 0 Å². The van der Waals surface area contributed by atoms with E-state index in [0.29, 0.717) is 5.41 Å². The highest BCUT2D eigenvalue weighted by molar-refractivity contribution is 8.50. The lowest BCUT2D eigenvalue weighted by Crippen LogP contribution is -2.15. The molecule has 0 radical (unpaired) electrons. The average molecular weight is 211 g/mol. The van der Waals surface area contributed by atoms with Gasteiger partial charge < -0.3 is 0 Å². The maximum absolute atomic E-state index is 6.24. The van der Waals surface area contributed by atoms with Crippen molar-refractivity contribution in [3.63, 3.8) is 0 Å². The minimum absolute atomic E-state index is 0.445. The zero-order valence-electron chi connectivity index (χ0n) is 9.28. The summed E-state index contributed by atoms with van der Waals surface area (Å²) in [6.45, 7) is 9.18. The summed E-state index contributed by atoms with van der Waals surface area (Å²) in [6.07, 6.45) is 5.62. The molecule has 76 valence electrons. The Morgan fingerprint density at radius 3 is 1.92 bits per heavy atom. The summed E-state index contributed by atoms with van der Waals surface area (Å²) in [6, 6.07) is 0. The Bertz CT molecular complexity index is 114. The van der Waals surface area contributed by atoms with Crippen LogP contribution in [-0.4, -0.2) is 18.3 Å². The molecule has 0 amide bonds. The van der Waals surface area contributed by atoms with Crippen molar-refractivity contribution < 1.29 is 0 Å². The predicted molar refractivity (Wildman–Crippen MR) is 63.4 cm³/mol. The van der Waals surface area contributed by atoms with Gasteiger partial charge in [0.1, 0.15) is 0 Å². The van der Waals surface area contributed by atoms with Crippen LogP contribution in [0.3, 0.4) is 0 Å². The van der Waals surface area contributed by atoms with Gasteiger partial charge >= 0.3 is 0 Å². The molecule has 0 fully saturated rings. The molecule has 0 bridgehead atoms. The molecule has 0 saturated heterocycles. The molecule has 0 rings (SSSR count). The van der Waals surface area contributed by atoms with Crippen LogP contribution in [0.4, 0.5) is 0 Å². The quantitative estimate of drug-likeness (QED) is 0.653. The van der Waals surface area contributed by atoms with Crippen molar-refractivity contribution >= 4 is 19.9 Å². The van der Waals surface area contributed by atoms with Crippen LogP contribution in [0.2, 0.25) is 0 Å². The highest BCUT2D eigenvalue weighted by Gasteiger charge is 2.19. The molecule has 0 aromatic carbocycles. The number of hydrogen-bond acceptors (Lipinski definition) is 0. The van der Waals surface area contributed by atoms with Gasteiger partial charge in [-0.15, -0.1) is 0 Å². The Hall–Kier alpha value is 0.640. The second kappa shape index (κ2) is 4.23. The molecule has 0 nitrogen and oxygen atoms in total. The van der Waals surface area contributed by atoms with Crippen molar-refractivity contribution in [2.45, 2.75) is 34.1 Å². The summed E-state index contributed by atoms with van der Waals surface area (Å²) >= 11 is 0. The van der Waals surface area contributed by atoms with Gasteiger partial charge in [0.05, 0.1) is 0 Å². The van der Waals surface area contributed by atoms with Crippen LogP contribution in [0.5, 0.6) is 0 Å². The van der Waals surface area contributed by atoms with E-state index in [1.807, 2.05) is 0 Å². The topological polar surface area (TPSA) is 0 Å². The van der Waals surface area contributed by atoms with Gasteiger partial charge in [-0.3, -0.25) is 0 Å². The molecule has 2 heteroatoms. The normalized spacial score (nSPS) is 17.6. The van der Waals surface area contributed by atoms with Crippen molar-refractivity contribution in [1.82, 2.24) is 0 Å². The number of hydrogen-bond donors (Lipinski definition) is 0. The van der Waals surface area contributed by atoms with Gasteiger partial charge in [-0.05, 0) is 36.0 Å². The summed E-state index contributed by atoms with van der Waals surface area (Å²) < 4.78 is 0. The molecular weight excluding hydrogens is 188 g/mol. The van der Waals surface area contributed by atoms with Gasteiger partial charge in [-0.25, -0.2) is 0 Å². The fraction of sp³-hybridized carbons (Fsp3) is 1.00. The molecule has 0 N–H and O–H groups in total. The van der Waals surface area contributed by atoms with E-state index in [0.717, 1.165) is 5.92 Å². The van der Waals surface area contributed by atoms with E-state index < -0.39 is 9.24 Å². The first-order valence-electron chi connectivity index (χ1n) is 4.51. The smallest absolute Gasteiger partial charge is 0.00797 e. The molecule has 0 saturated carbocycles. The Morgan fingerprint density at radius 2 is 1.67 bits per heavy atom. The molecule has 1 unspecified atom stereocenters. The first-order valence-corrected chi connectivity index (χ1v) is 7.95. The van der Waals surface area contributed by atoms with Gasteiger partial charge in [-0.2, -0.15) is 9.24 Å². The summed E-state index contributed by atoms with van der Waals surface area (Å²) in [5.41, 5.74) is 0.445.